The predicted molar refractivity (Wildman–Crippen MR) is 77.7 cm³/mol. The number of H-pyrrole nitrogens is 1. The summed E-state index contributed by atoms with van der Waals surface area (Å²) in [5.74, 6) is 1.07. The minimum atomic E-state index is -0.291. The van der Waals surface area contributed by atoms with Gasteiger partial charge in [0.15, 0.2) is 0 Å². The molecule has 2 aliphatic rings. The molecule has 1 aromatic carbocycles. The first-order chi connectivity index (χ1) is 10.3. The van der Waals surface area contributed by atoms with E-state index < -0.39 is 0 Å². The number of hydrogen-bond donors (Lipinski definition) is 2. The van der Waals surface area contributed by atoms with E-state index >= 15 is 0 Å². The van der Waals surface area contributed by atoms with Crippen LogP contribution in [0.2, 0.25) is 0 Å². The van der Waals surface area contributed by atoms with Gasteiger partial charge in [-0.2, -0.15) is 0 Å². The number of carbonyl (C=O) groups is 1. The first-order valence-electron chi connectivity index (χ1n) is 6.63. The number of aromatic amines is 1. The molecular weight excluding hydrogens is 268 g/mol. The fraction of sp³-hybridized carbons (Fsp3) is 0.143. The molecule has 0 fully saturated rings. The molecule has 0 bridgehead atoms. The Bertz CT molecular complexity index is 762. The molecule has 2 aromatic rings. The van der Waals surface area contributed by atoms with E-state index in [2.05, 4.69) is 25.3 Å². The van der Waals surface area contributed by atoms with Crippen molar-refractivity contribution in [3.05, 3.63) is 48.0 Å². The van der Waals surface area contributed by atoms with Crippen LogP contribution in [0.15, 0.2) is 46.8 Å². The summed E-state index contributed by atoms with van der Waals surface area (Å²) < 4.78 is 0. The average Bonchev–Trinajstić information content (AvgIpc) is 3.19. The normalized spacial score (nSPS) is 15.9. The Labute approximate surface area is 120 Å². The van der Waals surface area contributed by atoms with Crippen molar-refractivity contribution in [3.63, 3.8) is 0 Å². The van der Waals surface area contributed by atoms with E-state index in [0.717, 1.165) is 17.1 Å². The molecule has 3 heterocycles. The molecule has 104 valence electrons. The molecule has 1 aromatic heterocycles. The highest BCUT2D eigenvalue weighted by molar-refractivity contribution is 6.19. The molecule has 4 rings (SSSR count). The van der Waals surface area contributed by atoms with Crippen LogP contribution in [0, 0.1) is 0 Å². The molecule has 0 aliphatic carbocycles. The monoisotopic (exact) mass is 280 g/mol. The van der Waals surface area contributed by atoms with Gasteiger partial charge in [-0.15, -0.1) is 0 Å². The highest BCUT2D eigenvalue weighted by Gasteiger charge is 2.30. The lowest BCUT2D eigenvalue weighted by Gasteiger charge is -2.27. The lowest BCUT2D eigenvalue weighted by molar-refractivity contribution is 0.0969. The van der Waals surface area contributed by atoms with Gasteiger partial charge < -0.3 is 4.98 Å². The van der Waals surface area contributed by atoms with Gasteiger partial charge in [0.1, 0.15) is 11.5 Å². The summed E-state index contributed by atoms with van der Waals surface area (Å²) in [5.41, 5.74) is 2.13. The fourth-order valence-corrected chi connectivity index (χ4v) is 2.46. The molecule has 21 heavy (non-hydrogen) atoms. The Kier molecular flexibility index (Phi) is 2.56. The fourth-order valence-electron chi connectivity index (χ4n) is 2.46. The molecule has 0 radical (unpaired) electrons. The molecule has 2 N–H and O–H groups in total. The van der Waals surface area contributed by atoms with Crippen LogP contribution >= 0.6 is 0 Å². The van der Waals surface area contributed by atoms with Gasteiger partial charge in [0.05, 0.1) is 18.6 Å². The summed E-state index contributed by atoms with van der Waals surface area (Å²) >= 11 is 0. The summed E-state index contributed by atoms with van der Waals surface area (Å²) in [7, 11) is 0. The number of rotatable bonds is 1. The number of carbonyl (C=O) groups excluding carboxylic acids is 1. The van der Waals surface area contributed by atoms with Crippen LogP contribution in [0.4, 0.5) is 5.69 Å². The summed E-state index contributed by atoms with van der Waals surface area (Å²) in [5, 5.41) is 2.81. The Morgan fingerprint density at radius 2 is 2.24 bits per heavy atom. The molecule has 0 saturated heterocycles. The number of aromatic nitrogens is 2. The summed E-state index contributed by atoms with van der Waals surface area (Å²) in [6.07, 6.45) is 3.02. The van der Waals surface area contributed by atoms with Gasteiger partial charge in [0.25, 0.3) is 5.91 Å². The predicted octanol–water partition coefficient (Wildman–Crippen LogP) is 0.903. The highest BCUT2D eigenvalue weighted by atomic mass is 16.2. The average molecular weight is 280 g/mol. The zero-order valence-corrected chi connectivity index (χ0v) is 11.1. The molecule has 0 atom stereocenters. The van der Waals surface area contributed by atoms with Crippen LogP contribution in [0.3, 0.4) is 0 Å². The third-order valence-electron chi connectivity index (χ3n) is 3.42. The molecule has 0 saturated carbocycles. The Balaban J connectivity index is 1.71. The second-order valence-corrected chi connectivity index (χ2v) is 4.72. The number of guanidine groups is 1. The summed E-state index contributed by atoms with van der Waals surface area (Å²) in [6, 6.07) is 7.78. The van der Waals surface area contributed by atoms with E-state index in [4.69, 9.17) is 0 Å². The Morgan fingerprint density at radius 3 is 3.10 bits per heavy atom. The minimum Gasteiger partial charge on any atom is -0.350 e. The lowest BCUT2D eigenvalue weighted by atomic mass is 10.1. The second-order valence-electron chi connectivity index (χ2n) is 4.72. The van der Waals surface area contributed by atoms with Crippen molar-refractivity contribution >= 4 is 23.4 Å². The molecule has 0 spiro atoms. The van der Waals surface area contributed by atoms with Crippen LogP contribution < -0.4 is 5.32 Å². The van der Waals surface area contributed by atoms with Gasteiger partial charge in [-0.3, -0.25) is 20.0 Å². The van der Waals surface area contributed by atoms with E-state index in [0.29, 0.717) is 24.7 Å². The SMILES string of the molecule is O=C(NC1=Nc2ccccc2C2=NCCN12)c1c[nH]cn1. The number of amides is 1. The van der Waals surface area contributed by atoms with E-state index in [9.17, 15) is 4.79 Å². The van der Waals surface area contributed by atoms with Crippen LogP contribution in [0.25, 0.3) is 0 Å². The Morgan fingerprint density at radius 1 is 1.33 bits per heavy atom. The number of fused-ring (bicyclic) bond motifs is 3. The molecule has 7 nitrogen and oxygen atoms in total. The molecule has 7 heteroatoms. The second kappa shape index (κ2) is 4.55. The van der Waals surface area contributed by atoms with Crippen LogP contribution in [0.1, 0.15) is 16.1 Å². The van der Waals surface area contributed by atoms with Gasteiger partial charge in [0, 0.05) is 18.3 Å². The van der Waals surface area contributed by atoms with E-state index in [-0.39, 0.29) is 5.91 Å². The number of nitrogens with one attached hydrogen (secondary N) is 2. The zero-order valence-electron chi connectivity index (χ0n) is 11.1. The van der Waals surface area contributed by atoms with Gasteiger partial charge in [0.2, 0.25) is 5.96 Å². The first kappa shape index (κ1) is 11.8. The maximum Gasteiger partial charge on any atom is 0.278 e. The Hall–Kier alpha value is -2.96. The van der Waals surface area contributed by atoms with Crippen molar-refractivity contribution < 1.29 is 4.79 Å². The van der Waals surface area contributed by atoms with Gasteiger partial charge in [-0.1, -0.05) is 12.1 Å². The van der Waals surface area contributed by atoms with Crippen LogP contribution in [-0.4, -0.2) is 45.7 Å². The van der Waals surface area contributed by atoms with Gasteiger partial charge in [-0.25, -0.2) is 9.98 Å². The number of para-hydroxylation sites is 1. The third kappa shape index (κ3) is 1.90. The van der Waals surface area contributed by atoms with Crippen molar-refractivity contribution in [1.82, 2.24) is 20.2 Å². The number of imidazole rings is 1. The minimum absolute atomic E-state index is 0.291. The van der Waals surface area contributed by atoms with Crippen LogP contribution in [-0.2, 0) is 0 Å². The van der Waals surface area contributed by atoms with Crippen molar-refractivity contribution in [3.8, 4) is 0 Å². The molecular formula is C14H12N6O. The van der Waals surface area contributed by atoms with E-state index in [1.807, 2.05) is 29.2 Å². The van der Waals surface area contributed by atoms with Crippen molar-refractivity contribution in [1.29, 1.82) is 0 Å². The number of amidine groups is 1. The van der Waals surface area contributed by atoms with Crippen molar-refractivity contribution in [2.24, 2.45) is 9.98 Å². The molecule has 2 aliphatic heterocycles. The van der Waals surface area contributed by atoms with Crippen molar-refractivity contribution in [2.75, 3.05) is 13.1 Å². The maximum atomic E-state index is 12.1. The zero-order chi connectivity index (χ0) is 14.2. The first-order valence-corrected chi connectivity index (χ1v) is 6.63. The largest absolute Gasteiger partial charge is 0.350 e. The number of aliphatic imine (C=N–C) groups is 2. The number of benzene rings is 1. The van der Waals surface area contributed by atoms with E-state index in [1.165, 1.54) is 6.33 Å². The molecule has 0 unspecified atom stereocenters. The van der Waals surface area contributed by atoms with Crippen LogP contribution in [0.5, 0.6) is 0 Å². The lowest BCUT2D eigenvalue weighted by Crippen LogP contribution is -2.47. The van der Waals surface area contributed by atoms with E-state index in [1.54, 1.807) is 6.20 Å². The third-order valence-corrected chi connectivity index (χ3v) is 3.42. The maximum absolute atomic E-state index is 12.1. The number of nitrogens with zero attached hydrogens (tertiary/aromatic N) is 4. The van der Waals surface area contributed by atoms with Gasteiger partial charge >= 0.3 is 0 Å². The highest BCUT2D eigenvalue weighted by Crippen LogP contribution is 2.27. The standard InChI is InChI=1S/C14H12N6O/c21-13(11-7-15-8-17-11)19-14-18-10-4-2-1-3-9(10)12-16-5-6-20(12)14/h1-4,7-8H,5-6H2,(H,15,17)(H,18,19,21). The topological polar surface area (TPSA) is 85.7 Å². The number of hydrogen-bond acceptors (Lipinski definition) is 5. The summed E-state index contributed by atoms with van der Waals surface area (Å²) in [6.45, 7) is 1.41. The van der Waals surface area contributed by atoms with Crippen molar-refractivity contribution in [2.45, 2.75) is 0 Å². The molecule has 1 amide bonds. The van der Waals surface area contributed by atoms with Gasteiger partial charge in [-0.05, 0) is 12.1 Å². The smallest absolute Gasteiger partial charge is 0.278 e. The summed E-state index contributed by atoms with van der Waals surface area (Å²) in [4.78, 5) is 29.8. The quantitative estimate of drug-likeness (QED) is 0.814.